The molecule has 0 aliphatic rings. The van der Waals surface area contributed by atoms with Gasteiger partial charge in [-0.3, -0.25) is 9.48 Å². The number of hydrogen-bond acceptors (Lipinski definition) is 3. The van der Waals surface area contributed by atoms with Crippen LogP contribution in [0.5, 0.6) is 0 Å². The van der Waals surface area contributed by atoms with Crippen LogP contribution in [0.3, 0.4) is 0 Å². The second-order valence-electron chi connectivity index (χ2n) is 7.12. The topological polar surface area (TPSA) is 58.4 Å². The van der Waals surface area contributed by atoms with Gasteiger partial charge in [-0.05, 0) is 40.5 Å². The molecular formula is C17H31N3O2. The minimum Gasteiger partial charge on any atom is -0.389 e. The molecule has 1 aromatic rings. The lowest BCUT2D eigenvalue weighted by Crippen LogP contribution is -2.42. The number of carbonyl (C=O) groups excluding carboxylic acids is 1. The molecule has 0 unspecified atom stereocenters. The van der Waals surface area contributed by atoms with Crippen molar-refractivity contribution in [2.24, 2.45) is 5.92 Å². The Labute approximate surface area is 134 Å². The van der Waals surface area contributed by atoms with Gasteiger partial charge in [0.15, 0.2) is 0 Å². The van der Waals surface area contributed by atoms with Crippen molar-refractivity contribution in [1.29, 1.82) is 0 Å². The van der Waals surface area contributed by atoms with Crippen molar-refractivity contribution < 1.29 is 9.90 Å². The molecule has 0 bridgehead atoms. The summed E-state index contributed by atoms with van der Waals surface area (Å²) in [6, 6.07) is 0. The van der Waals surface area contributed by atoms with Gasteiger partial charge in [-0.1, -0.05) is 13.8 Å². The van der Waals surface area contributed by atoms with Crippen LogP contribution in [0.25, 0.3) is 0 Å². The fourth-order valence-electron chi connectivity index (χ4n) is 2.62. The standard InChI is InChI=1S/C17H31N3O2/c1-8-19(11-17(6,7)22)16(21)9-15-13(4)18-20(14(15)5)10-12(2)3/h12,22H,8-11H2,1-7H3. The molecule has 0 saturated heterocycles. The van der Waals surface area contributed by atoms with Gasteiger partial charge < -0.3 is 10.0 Å². The summed E-state index contributed by atoms with van der Waals surface area (Å²) in [6.07, 6.45) is 0.347. The zero-order valence-electron chi connectivity index (χ0n) is 15.1. The third-order valence-electron chi connectivity index (χ3n) is 3.71. The Hall–Kier alpha value is -1.36. The number of aromatic nitrogens is 2. The molecule has 0 aliphatic carbocycles. The molecule has 0 aromatic carbocycles. The van der Waals surface area contributed by atoms with Gasteiger partial charge in [-0.15, -0.1) is 0 Å². The normalized spacial score (nSPS) is 12.0. The number of amides is 1. The van der Waals surface area contributed by atoms with E-state index in [0.29, 0.717) is 25.4 Å². The Kier molecular flexibility index (Phi) is 6.17. The molecule has 1 rings (SSSR count). The van der Waals surface area contributed by atoms with Gasteiger partial charge in [-0.2, -0.15) is 5.10 Å². The highest BCUT2D eigenvalue weighted by Crippen LogP contribution is 2.17. The Morgan fingerprint density at radius 3 is 2.41 bits per heavy atom. The predicted octanol–water partition coefficient (Wildman–Crippen LogP) is 2.32. The summed E-state index contributed by atoms with van der Waals surface area (Å²) < 4.78 is 1.99. The number of aryl methyl sites for hydroxylation is 1. The van der Waals surface area contributed by atoms with Crippen LogP contribution in [0.1, 0.15) is 51.6 Å². The van der Waals surface area contributed by atoms with Gasteiger partial charge >= 0.3 is 0 Å². The van der Waals surface area contributed by atoms with E-state index in [1.54, 1.807) is 18.7 Å². The third kappa shape index (κ3) is 5.13. The van der Waals surface area contributed by atoms with Crippen molar-refractivity contribution in [3.63, 3.8) is 0 Å². The molecule has 0 aliphatic heterocycles. The molecule has 22 heavy (non-hydrogen) atoms. The number of rotatable bonds is 7. The first-order chi connectivity index (χ1) is 10.0. The molecule has 0 fully saturated rings. The summed E-state index contributed by atoms with van der Waals surface area (Å²) in [6.45, 7) is 15.5. The van der Waals surface area contributed by atoms with Crippen LogP contribution in [0.2, 0.25) is 0 Å². The average molecular weight is 309 g/mol. The predicted molar refractivity (Wildman–Crippen MR) is 88.8 cm³/mol. The van der Waals surface area contributed by atoms with E-state index in [4.69, 9.17) is 0 Å². The highest BCUT2D eigenvalue weighted by atomic mass is 16.3. The van der Waals surface area contributed by atoms with Gasteiger partial charge in [0.05, 0.1) is 17.7 Å². The van der Waals surface area contributed by atoms with Crippen LogP contribution < -0.4 is 0 Å². The molecule has 0 radical (unpaired) electrons. The number of hydrogen-bond donors (Lipinski definition) is 1. The molecule has 5 heteroatoms. The summed E-state index contributed by atoms with van der Waals surface area (Å²) in [5, 5.41) is 14.5. The molecule has 0 atom stereocenters. The summed E-state index contributed by atoms with van der Waals surface area (Å²) in [5.74, 6) is 0.559. The molecular weight excluding hydrogens is 278 g/mol. The van der Waals surface area contributed by atoms with Crippen molar-refractivity contribution in [1.82, 2.24) is 14.7 Å². The fourth-order valence-corrected chi connectivity index (χ4v) is 2.62. The smallest absolute Gasteiger partial charge is 0.227 e. The second-order valence-corrected chi connectivity index (χ2v) is 7.12. The molecule has 1 aromatic heterocycles. The number of nitrogens with zero attached hydrogens (tertiary/aromatic N) is 3. The zero-order valence-corrected chi connectivity index (χ0v) is 15.1. The van der Waals surface area contributed by atoms with E-state index in [2.05, 4.69) is 18.9 Å². The first kappa shape index (κ1) is 18.7. The molecule has 1 amide bonds. The molecule has 5 nitrogen and oxygen atoms in total. The van der Waals surface area contributed by atoms with Gasteiger partial charge in [-0.25, -0.2) is 0 Å². The Balaban J connectivity index is 2.89. The van der Waals surface area contributed by atoms with Gasteiger partial charge in [0.25, 0.3) is 0 Å². The summed E-state index contributed by atoms with van der Waals surface area (Å²) >= 11 is 0. The Morgan fingerprint density at radius 2 is 1.95 bits per heavy atom. The van der Waals surface area contributed by atoms with Gasteiger partial charge in [0.2, 0.25) is 5.91 Å². The maximum Gasteiger partial charge on any atom is 0.227 e. The van der Waals surface area contributed by atoms with E-state index >= 15 is 0 Å². The minimum atomic E-state index is -0.877. The number of carbonyl (C=O) groups is 1. The van der Waals surface area contributed by atoms with Crippen molar-refractivity contribution >= 4 is 5.91 Å². The SMILES string of the molecule is CCN(CC(C)(C)O)C(=O)Cc1c(C)nn(CC(C)C)c1C. The van der Waals surface area contributed by atoms with Crippen LogP contribution in [0.4, 0.5) is 0 Å². The van der Waals surface area contributed by atoms with E-state index in [1.165, 1.54) is 0 Å². The third-order valence-corrected chi connectivity index (χ3v) is 3.71. The van der Waals surface area contributed by atoms with E-state index in [1.807, 2.05) is 25.5 Å². The van der Waals surface area contributed by atoms with Crippen LogP contribution >= 0.6 is 0 Å². The second kappa shape index (κ2) is 7.27. The molecule has 1 heterocycles. The first-order valence-corrected chi connectivity index (χ1v) is 8.08. The maximum atomic E-state index is 12.5. The lowest BCUT2D eigenvalue weighted by Gasteiger charge is -2.28. The van der Waals surface area contributed by atoms with Gasteiger partial charge in [0, 0.05) is 30.9 Å². The maximum absolute atomic E-state index is 12.5. The summed E-state index contributed by atoms with van der Waals surface area (Å²) in [5.41, 5.74) is 2.13. The lowest BCUT2D eigenvalue weighted by molar-refractivity contribution is -0.133. The fraction of sp³-hybridized carbons (Fsp3) is 0.765. The van der Waals surface area contributed by atoms with Crippen LogP contribution in [-0.4, -0.2) is 44.4 Å². The monoisotopic (exact) mass is 309 g/mol. The highest BCUT2D eigenvalue weighted by Gasteiger charge is 2.23. The van der Waals surface area contributed by atoms with Crippen LogP contribution in [0.15, 0.2) is 0 Å². The molecule has 126 valence electrons. The summed E-state index contributed by atoms with van der Waals surface area (Å²) in [7, 11) is 0. The average Bonchev–Trinajstić information content (AvgIpc) is 2.61. The van der Waals surface area contributed by atoms with Crippen LogP contribution in [0, 0.1) is 19.8 Å². The molecule has 0 spiro atoms. The Morgan fingerprint density at radius 1 is 1.36 bits per heavy atom. The largest absolute Gasteiger partial charge is 0.389 e. The number of likely N-dealkylation sites (N-methyl/N-ethyl adjacent to an activating group) is 1. The Bertz CT molecular complexity index is 513. The van der Waals surface area contributed by atoms with Crippen molar-refractivity contribution in [3.8, 4) is 0 Å². The van der Waals surface area contributed by atoms with E-state index in [-0.39, 0.29) is 5.91 Å². The minimum absolute atomic E-state index is 0.0416. The van der Waals surface area contributed by atoms with Crippen molar-refractivity contribution in [2.45, 2.75) is 67.0 Å². The molecule has 0 saturated carbocycles. The quantitative estimate of drug-likeness (QED) is 0.841. The van der Waals surface area contributed by atoms with E-state index < -0.39 is 5.60 Å². The zero-order chi connectivity index (χ0) is 17.1. The molecule has 1 N–H and O–H groups in total. The van der Waals surface area contributed by atoms with E-state index in [0.717, 1.165) is 23.5 Å². The highest BCUT2D eigenvalue weighted by molar-refractivity contribution is 5.79. The van der Waals surface area contributed by atoms with Gasteiger partial charge in [0.1, 0.15) is 0 Å². The summed E-state index contributed by atoms with van der Waals surface area (Å²) in [4.78, 5) is 14.2. The van der Waals surface area contributed by atoms with Crippen molar-refractivity contribution in [3.05, 3.63) is 17.0 Å². The first-order valence-electron chi connectivity index (χ1n) is 8.08. The lowest BCUT2D eigenvalue weighted by atomic mass is 10.1. The van der Waals surface area contributed by atoms with Crippen LogP contribution in [-0.2, 0) is 17.8 Å². The van der Waals surface area contributed by atoms with E-state index in [9.17, 15) is 9.90 Å². The van der Waals surface area contributed by atoms with Crippen molar-refractivity contribution in [2.75, 3.05) is 13.1 Å². The number of aliphatic hydroxyl groups is 1.